The first-order chi connectivity index (χ1) is 13.6. The fraction of sp³-hybridized carbons (Fsp3) is 0.667. The van der Waals surface area contributed by atoms with Crippen LogP contribution in [0.5, 0.6) is 0 Å². The minimum atomic E-state index is -4.55. The molecule has 0 saturated carbocycles. The van der Waals surface area contributed by atoms with Gasteiger partial charge < -0.3 is 9.64 Å². The van der Waals surface area contributed by atoms with Crippen LogP contribution in [0.2, 0.25) is 0 Å². The van der Waals surface area contributed by atoms with Gasteiger partial charge in [0.2, 0.25) is 0 Å². The van der Waals surface area contributed by atoms with Crippen molar-refractivity contribution in [2.45, 2.75) is 58.4 Å². The molecule has 2 fully saturated rings. The average Bonchev–Trinajstić information content (AvgIpc) is 3.05. The third kappa shape index (κ3) is 5.21. The van der Waals surface area contributed by atoms with Gasteiger partial charge >= 0.3 is 12.3 Å². The lowest BCUT2D eigenvalue weighted by atomic mass is 9.78. The van der Waals surface area contributed by atoms with Crippen molar-refractivity contribution in [3.63, 3.8) is 0 Å². The number of ether oxygens (including phenoxy) is 1. The minimum absolute atomic E-state index is 0.0834. The summed E-state index contributed by atoms with van der Waals surface area (Å²) in [5.74, 6) is -0.173. The number of alkyl halides is 3. The van der Waals surface area contributed by atoms with Crippen LogP contribution in [0.3, 0.4) is 0 Å². The van der Waals surface area contributed by atoms with Crippen molar-refractivity contribution in [2.24, 2.45) is 5.41 Å². The van der Waals surface area contributed by atoms with Gasteiger partial charge in [0.25, 0.3) is 0 Å². The smallest absolute Gasteiger partial charge is 0.425 e. The quantitative estimate of drug-likeness (QED) is 0.664. The normalized spacial score (nSPS) is 20.8. The predicted octanol–water partition coefficient (Wildman–Crippen LogP) is 4.76. The van der Waals surface area contributed by atoms with Gasteiger partial charge in [-0.05, 0) is 61.8 Å². The zero-order valence-electron chi connectivity index (χ0n) is 16.9. The summed E-state index contributed by atoms with van der Waals surface area (Å²) in [5, 5.41) is 0. The Labute approximate surface area is 168 Å². The van der Waals surface area contributed by atoms with Crippen LogP contribution in [-0.2, 0) is 17.7 Å². The molecule has 1 unspecified atom stereocenters. The van der Waals surface area contributed by atoms with Crippen LogP contribution in [0.15, 0.2) is 18.2 Å². The van der Waals surface area contributed by atoms with Gasteiger partial charge in [0.1, 0.15) is 5.82 Å². The molecule has 2 heterocycles. The predicted molar refractivity (Wildman–Crippen MR) is 101 cm³/mol. The standard InChI is InChI=1S/C21H28F4N2O2/c1-3-17-12-16(4-5-18(17)22)13-26-9-6-20(14-26)7-10-27(11-8-20)19(28)29-15(2)21(23,24)25/h4-5,12,15H,3,6-11,13-14H2,1-2H3. The Hall–Kier alpha value is -1.83. The Kier molecular flexibility index (Phi) is 6.41. The fourth-order valence-corrected chi connectivity index (χ4v) is 4.28. The molecule has 1 spiro atoms. The second kappa shape index (κ2) is 8.50. The lowest BCUT2D eigenvalue weighted by Crippen LogP contribution is -2.46. The summed E-state index contributed by atoms with van der Waals surface area (Å²) < 4.78 is 56.0. The number of piperidine rings is 1. The molecule has 8 heteroatoms. The average molecular weight is 416 g/mol. The van der Waals surface area contributed by atoms with Crippen molar-refractivity contribution in [1.29, 1.82) is 0 Å². The Morgan fingerprint density at radius 3 is 2.48 bits per heavy atom. The number of halogens is 4. The van der Waals surface area contributed by atoms with Crippen LogP contribution >= 0.6 is 0 Å². The second-order valence-electron chi connectivity index (χ2n) is 8.29. The van der Waals surface area contributed by atoms with Crippen LogP contribution in [0, 0.1) is 11.2 Å². The lowest BCUT2D eigenvalue weighted by molar-refractivity contribution is -0.200. The Morgan fingerprint density at radius 2 is 1.86 bits per heavy atom. The number of amides is 1. The summed E-state index contributed by atoms with van der Waals surface area (Å²) >= 11 is 0. The maximum absolute atomic E-state index is 13.7. The van der Waals surface area contributed by atoms with E-state index in [-0.39, 0.29) is 11.2 Å². The molecule has 2 saturated heterocycles. The zero-order chi connectivity index (χ0) is 21.2. The molecule has 3 rings (SSSR count). The summed E-state index contributed by atoms with van der Waals surface area (Å²) in [6.07, 6.45) is -4.38. The van der Waals surface area contributed by atoms with Crippen LogP contribution in [0.25, 0.3) is 0 Å². The minimum Gasteiger partial charge on any atom is -0.437 e. The maximum Gasteiger partial charge on any atom is 0.425 e. The number of carbonyl (C=O) groups excluding carboxylic acids is 1. The first-order valence-corrected chi connectivity index (χ1v) is 10.1. The first kappa shape index (κ1) is 21.9. The van der Waals surface area contributed by atoms with E-state index in [1.807, 2.05) is 19.1 Å². The molecule has 1 aromatic carbocycles. The molecule has 0 bridgehead atoms. The molecule has 162 valence electrons. The van der Waals surface area contributed by atoms with E-state index < -0.39 is 18.4 Å². The summed E-state index contributed by atoms with van der Waals surface area (Å²) in [6, 6.07) is 5.26. The number of nitrogens with zero attached hydrogens (tertiary/aromatic N) is 2. The number of hydrogen-bond donors (Lipinski definition) is 0. The molecule has 29 heavy (non-hydrogen) atoms. The van der Waals surface area contributed by atoms with Gasteiger partial charge in [-0.1, -0.05) is 19.1 Å². The molecule has 2 aliphatic heterocycles. The van der Waals surface area contributed by atoms with E-state index in [0.29, 0.717) is 19.5 Å². The van der Waals surface area contributed by atoms with E-state index in [0.717, 1.165) is 56.9 Å². The number of benzene rings is 1. The van der Waals surface area contributed by atoms with E-state index in [4.69, 9.17) is 0 Å². The summed E-state index contributed by atoms with van der Waals surface area (Å²) in [7, 11) is 0. The van der Waals surface area contributed by atoms with Crippen LogP contribution in [-0.4, -0.2) is 54.4 Å². The van der Waals surface area contributed by atoms with Gasteiger partial charge in [0.05, 0.1) is 0 Å². The number of hydrogen-bond acceptors (Lipinski definition) is 3. The molecular formula is C21H28F4N2O2. The van der Waals surface area contributed by atoms with Gasteiger partial charge in [-0.25, -0.2) is 9.18 Å². The highest BCUT2D eigenvalue weighted by Gasteiger charge is 2.43. The van der Waals surface area contributed by atoms with Crippen LogP contribution < -0.4 is 0 Å². The van der Waals surface area contributed by atoms with Gasteiger partial charge in [0, 0.05) is 26.2 Å². The molecule has 0 aromatic heterocycles. The van der Waals surface area contributed by atoms with Crippen molar-refractivity contribution in [3.05, 3.63) is 35.1 Å². The molecule has 2 aliphatic rings. The van der Waals surface area contributed by atoms with Crippen molar-refractivity contribution in [2.75, 3.05) is 26.2 Å². The third-order valence-corrected chi connectivity index (χ3v) is 6.24. The molecule has 0 aliphatic carbocycles. The lowest BCUT2D eigenvalue weighted by Gasteiger charge is -2.39. The molecule has 1 aromatic rings. The molecule has 1 atom stereocenters. The van der Waals surface area contributed by atoms with Crippen molar-refractivity contribution in [3.8, 4) is 0 Å². The van der Waals surface area contributed by atoms with Crippen molar-refractivity contribution in [1.82, 2.24) is 9.80 Å². The maximum atomic E-state index is 13.7. The van der Waals surface area contributed by atoms with E-state index in [1.165, 1.54) is 11.0 Å². The highest BCUT2D eigenvalue weighted by molar-refractivity contribution is 5.68. The van der Waals surface area contributed by atoms with Gasteiger partial charge in [0.15, 0.2) is 6.10 Å². The molecular weight excluding hydrogens is 388 g/mol. The third-order valence-electron chi connectivity index (χ3n) is 6.24. The Balaban J connectivity index is 1.51. The van der Waals surface area contributed by atoms with Gasteiger partial charge in [-0.3, -0.25) is 4.90 Å². The van der Waals surface area contributed by atoms with E-state index in [9.17, 15) is 22.4 Å². The molecule has 4 nitrogen and oxygen atoms in total. The SMILES string of the molecule is CCc1cc(CN2CCC3(CCN(C(=O)OC(C)C(F)(F)F)CC3)C2)ccc1F. The van der Waals surface area contributed by atoms with E-state index in [2.05, 4.69) is 9.64 Å². The molecule has 1 amide bonds. The topological polar surface area (TPSA) is 32.8 Å². The van der Waals surface area contributed by atoms with Crippen LogP contribution in [0.1, 0.15) is 44.2 Å². The van der Waals surface area contributed by atoms with E-state index >= 15 is 0 Å². The summed E-state index contributed by atoms with van der Waals surface area (Å²) in [5.41, 5.74) is 1.89. The highest BCUT2D eigenvalue weighted by atomic mass is 19.4. The second-order valence-corrected chi connectivity index (χ2v) is 8.29. The van der Waals surface area contributed by atoms with Crippen molar-refractivity contribution < 1.29 is 27.1 Å². The van der Waals surface area contributed by atoms with E-state index in [1.54, 1.807) is 0 Å². The fourth-order valence-electron chi connectivity index (χ4n) is 4.28. The Morgan fingerprint density at radius 1 is 1.21 bits per heavy atom. The van der Waals surface area contributed by atoms with Crippen LogP contribution in [0.4, 0.5) is 22.4 Å². The first-order valence-electron chi connectivity index (χ1n) is 10.1. The number of carbonyl (C=O) groups is 1. The zero-order valence-corrected chi connectivity index (χ0v) is 16.9. The Bertz CT molecular complexity index is 730. The van der Waals surface area contributed by atoms with Gasteiger partial charge in [-0.15, -0.1) is 0 Å². The molecule has 0 radical (unpaired) electrons. The highest BCUT2D eigenvalue weighted by Crippen LogP contribution is 2.41. The number of rotatable bonds is 4. The summed E-state index contributed by atoms with van der Waals surface area (Å²) in [6.45, 7) is 6.16. The monoisotopic (exact) mass is 416 g/mol. The summed E-state index contributed by atoms with van der Waals surface area (Å²) in [4.78, 5) is 15.7. The largest absolute Gasteiger partial charge is 0.437 e. The molecule has 0 N–H and O–H groups in total. The number of aryl methyl sites for hydroxylation is 1. The van der Waals surface area contributed by atoms with Crippen molar-refractivity contribution >= 4 is 6.09 Å². The number of likely N-dealkylation sites (tertiary alicyclic amines) is 2. The van der Waals surface area contributed by atoms with Gasteiger partial charge in [-0.2, -0.15) is 13.2 Å².